The summed E-state index contributed by atoms with van der Waals surface area (Å²) in [4.78, 5) is 12.0. The van der Waals surface area contributed by atoms with Crippen LogP contribution in [0.15, 0.2) is 12.3 Å². The van der Waals surface area contributed by atoms with Gasteiger partial charge in [0.25, 0.3) is 0 Å². The van der Waals surface area contributed by atoms with Crippen LogP contribution in [0.5, 0.6) is 0 Å². The molecule has 0 bridgehead atoms. The van der Waals surface area contributed by atoms with Crippen LogP contribution in [0.2, 0.25) is 0 Å². The number of unbranched alkanes of at least 4 members (excludes halogenated alkanes) is 1. The van der Waals surface area contributed by atoms with Gasteiger partial charge >= 0.3 is 0 Å². The molecule has 7 heteroatoms. The Labute approximate surface area is 122 Å². The number of nitrogens with one attached hydrogen (secondary N) is 1. The number of halogens is 1. The highest BCUT2D eigenvalue weighted by atomic mass is 19.1. The normalized spacial score (nSPS) is 14.1. The van der Waals surface area contributed by atoms with Gasteiger partial charge in [-0.2, -0.15) is 4.98 Å². The summed E-state index contributed by atoms with van der Waals surface area (Å²) in [7, 11) is 0. The Balaban J connectivity index is 2.25. The van der Waals surface area contributed by atoms with E-state index in [-0.39, 0.29) is 11.9 Å². The van der Waals surface area contributed by atoms with E-state index in [9.17, 15) is 9.50 Å². The lowest BCUT2D eigenvalue weighted by molar-refractivity contribution is 0.136. The van der Waals surface area contributed by atoms with Crippen molar-refractivity contribution in [1.82, 2.24) is 15.0 Å². The van der Waals surface area contributed by atoms with Crippen LogP contribution in [0.3, 0.4) is 0 Å². The number of fused-ring (bicyclic) bond motifs is 1. The molecule has 0 aliphatic heterocycles. The maximum atomic E-state index is 13.2. The van der Waals surface area contributed by atoms with E-state index in [2.05, 4.69) is 27.2 Å². The molecule has 2 aromatic rings. The number of nitrogen functional groups attached to an aromatic ring is 1. The molecular formula is C14H20FN5O. The molecule has 0 spiro atoms. The van der Waals surface area contributed by atoms with E-state index in [0.717, 1.165) is 25.5 Å². The highest BCUT2D eigenvalue weighted by Crippen LogP contribution is 2.22. The van der Waals surface area contributed by atoms with Crippen molar-refractivity contribution >= 4 is 22.8 Å². The molecule has 0 saturated heterocycles. The van der Waals surface area contributed by atoms with E-state index < -0.39 is 12.0 Å². The van der Waals surface area contributed by atoms with Gasteiger partial charge in [0.15, 0.2) is 5.82 Å². The molecule has 0 aliphatic carbocycles. The molecule has 2 unspecified atom stereocenters. The molecule has 0 amide bonds. The van der Waals surface area contributed by atoms with Gasteiger partial charge in [0.05, 0.1) is 11.7 Å². The van der Waals surface area contributed by atoms with Crippen molar-refractivity contribution in [2.24, 2.45) is 5.92 Å². The Morgan fingerprint density at radius 1 is 1.43 bits per heavy atom. The van der Waals surface area contributed by atoms with E-state index in [1.165, 1.54) is 6.07 Å². The van der Waals surface area contributed by atoms with Crippen LogP contribution >= 0.6 is 0 Å². The maximum absolute atomic E-state index is 13.2. The highest BCUT2D eigenvalue weighted by molar-refractivity contribution is 5.85. The third kappa shape index (κ3) is 3.75. The zero-order chi connectivity index (χ0) is 15.4. The number of rotatable bonds is 6. The number of nitrogens with two attached hydrogens (primary N) is 1. The summed E-state index contributed by atoms with van der Waals surface area (Å²) < 4.78 is 13.2. The topological polar surface area (TPSA) is 97.0 Å². The highest BCUT2D eigenvalue weighted by Gasteiger charge is 2.17. The number of aromatic nitrogens is 3. The predicted molar refractivity (Wildman–Crippen MR) is 80.0 cm³/mol. The van der Waals surface area contributed by atoms with E-state index in [0.29, 0.717) is 16.9 Å². The molecular weight excluding hydrogens is 273 g/mol. The Morgan fingerprint density at radius 2 is 2.19 bits per heavy atom. The lowest BCUT2D eigenvalue weighted by Crippen LogP contribution is -2.27. The van der Waals surface area contributed by atoms with E-state index in [4.69, 9.17) is 5.73 Å². The van der Waals surface area contributed by atoms with Crippen LogP contribution in [0, 0.1) is 11.7 Å². The molecule has 21 heavy (non-hydrogen) atoms. The van der Waals surface area contributed by atoms with Crippen LogP contribution in [-0.2, 0) is 0 Å². The van der Waals surface area contributed by atoms with Gasteiger partial charge in [-0.15, -0.1) is 0 Å². The minimum absolute atomic E-state index is 0.00538. The summed E-state index contributed by atoms with van der Waals surface area (Å²) in [5, 5.41) is 13.1. The summed E-state index contributed by atoms with van der Waals surface area (Å²) in [5.74, 6) is -0.126. The monoisotopic (exact) mass is 293 g/mol. The summed E-state index contributed by atoms with van der Waals surface area (Å²) in [6, 6.07) is 1.23. The standard InChI is InChI=1S/C14H20FN5O/c1-3-4-5-8(2)13(21)19-12-11-10(18-14(16)20-12)6-9(15)7-17-11/h6-8,13,21H,3-5H2,1-2H3,(H3,16,18,19,20). The van der Waals surface area contributed by atoms with Gasteiger partial charge in [-0.1, -0.05) is 26.7 Å². The molecule has 0 saturated carbocycles. The number of anilines is 2. The minimum Gasteiger partial charge on any atom is -0.373 e. The molecule has 2 aromatic heterocycles. The van der Waals surface area contributed by atoms with Crippen molar-refractivity contribution in [3.63, 3.8) is 0 Å². The first-order valence-corrected chi connectivity index (χ1v) is 7.04. The van der Waals surface area contributed by atoms with Crippen molar-refractivity contribution in [2.45, 2.75) is 39.3 Å². The van der Waals surface area contributed by atoms with Crippen LogP contribution in [0.25, 0.3) is 11.0 Å². The van der Waals surface area contributed by atoms with E-state index >= 15 is 0 Å². The second-order valence-corrected chi connectivity index (χ2v) is 5.16. The Kier molecular flexibility index (Phi) is 4.85. The average Bonchev–Trinajstić information content (AvgIpc) is 2.43. The van der Waals surface area contributed by atoms with Gasteiger partial charge in [-0.3, -0.25) is 0 Å². The number of aliphatic hydroxyl groups is 1. The smallest absolute Gasteiger partial charge is 0.222 e. The fourth-order valence-electron chi connectivity index (χ4n) is 2.08. The maximum Gasteiger partial charge on any atom is 0.222 e. The summed E-state index contributed by atoms with van der Waals surface area (Å²) in [6.07, 6.45) is 3.31. The zero-order valence-corrected chi connectivity index (χ0v) is 12.2. The van der Waals surface area contributed by atoms with Gasteiger partial charge in [0.2, 0.25) is 5.95 Å². The second-order valence-electron chi connectivity index (χ2n) is 5.16. The van der Waals surface area contributed by atoms with Crippen molar-refractivity contribution in [2.75, 3.05) is 11.1 Å². The van der Waals surface area contributed by atoms with E-state index in [1.807, 2.05) is 6.92 Å². The molecule has 114 valence electrons. The lowest BCUT2D eigenvalue weighted by atomic mass is 10.0. The van der Waals surface area contributed by atoms with Gasteiger partial charge in [0.1, 0.15) is 17.6 Å². The Morgan fingerprint density at radius 3 is 2.90 bits per heavy atom. The van der Waals surface area contributed by atoms with Gasteiger partial charge in [0, 0.05) is 12.0 Å². The zero-order valence-electron chi connectivity index (χ0n) is 12.2. The minimum atomic E-state index is -0.777. The van der Waals surface area contributed by atoms with Crippen LogP contribution < -0.4 is 11.1 Å². The fraction of sp³-hybridized carbons (Fsp3) is 0.500. The van der Waals surface area contributed by atoms with Crippen LogP contribution in [-0.4, -0.2) is 26.3 Å². The molecule has 0 radical (unpaired) electrons. The third-order valence-corrected chi connectivity index (χ3v) is 3.36. The first-order chi connectivity index (χ1) is 10.0. The largest absolute Gasteiger partial charge is 0.373 e. The lowest BCUT2D eigenvalue weighted by Gasteiger charge is -2.20. The Bertz CT molecular complexity index is 616. The first-order valence-electron chi connectivity index (χ1n) is 7.04. The molecule has 0 aromatic carbocycles. The quantitative estimate of drug-likeness (QED) is 0.707. The Hall–Kier alpha value is -2.02. The number of hydrogen-bond acceptors (Lipinski definition) is 6. The summed E-state index contributed by atoms with van der Waals surface area (Å²) in [5.41, 5.74) is 6.30. The van der Waals surface area contributed by atoms with Gasteiger partial charge in [-0.25, -0.2) is 14.4 Å². The number of nitrogens with zero attached hydrogens (tertiary/aromatic N) is 3. The number of aliphatic hydroxyl groups excluding tert-OH is 1. The fourth-order valence-corrected chi connectivity index (χ4v) is 2.08. The molecule has 2 heterocycles. The first kappa shape index (κ1) is 15.4. The van der Waals surface area contributed by atoms with Crippen molar-refractivity contribution < 1.29 is 9.50 Å². The van der Waals surface area contributed by atoms with Crippen LogP contribution in [0.4, 0.5) is 16.2 Å². The van der Waals surface area contributed by atoms with Gasteiger partial charge < -0.3 is 16.2 Å². The van der Waals surface area contributed by atoms with Crippen molar-refractivity contribution in [3.8, 4) is 0 Å². The second kappa shape index (κ2) is 6.62. The molecule has 0 aliphatic rings. The number of hydrogen-bond donors (Lipinski definition) is 3. The molecule has 2 rings (SSSR count). The van der Waals surface area contributed by atoms with Crippen molar-refractivity contribution in [1.29, 1.82) is 0 Å². The SMILES string of the molecule is CCCCC(C)C(O)Nc1nc(N)nc2cc(F)cnc12. The third-order valence-electron chi connectivity index (χ3n) is 3.36. The van der Waals surface area contributed by atoms with Gasteiger partial charge in [-0.05, 0) is 6.42 Å². The summed E-state index contributed by atoms with van der Waals surface area (Å²) in [6.45, 7) is 4.05. The molecule has 0 fully saturated rings. The summed E-state index contributed by atoms with van der Waals surface area (Å²) >= 11 is 0. The number of pyridine rings is 1. The van der Waals surface area contributed by atoms with Crippen LogP contribution in [0.1, 0.15) is 33.1 Å². The average molecular weight is 293 g/mol. The van der Waals surface area contributed by atoms with Crippen molar-refractivity contribution in [3.05, 3.63) is 18.1 Å². The van der Waals surface area contributed by atoms with E-state index in [1.54, 1.807) is 0 Å². The predicted octanol–water partition coefficient (Wildman–Crippen LogP) is 2.30. The molecule has 4 N–H and O–H groups in total. The molecule has 6 nitrogen and oxygen atoms in total. The molecule has 2 atom stereocenters.